The first-order valence-corrected chi connectivity index (χ1v) is 10.7. The topological polar surface area (TPSA) is 73.0 Å². The fraction of sp³-hybridized carbons (Fsp3) is 0.0952. The predicted molar refractivity (Wildman–Crippen MR) is 117 cm³/mol. The number of carbonyl (C=O) groups is 1. The van der Waals surface area contributed by atoms with Crippen molar-refractivity contribution in [3.63, 3.8) is 0 Å². The second-order valence-electron chi connectivity index (χ2n) is 6.26. The van der Waals surface area contributed by atoms with Gasteiger partial charge in [-0.05, 0) is 35.9 Å². The van der Waals surface area contributed by atoms with Crippen LogP contribution in [0.2, 0.25) is 10.0 Å². The highest BCUT2D eigenvalue weighted by Crippen LogP contribution is 2.30. The van der Waals surface area contributed by atoms with Crippen LogP contribution in [0.15, 0.2) is 76.5 Å². The summed E-state index contributed by atoms with van der Waals surface area (Å²) in [6, 6.07) is 18.5. The molecule has 152 valence electrons. The third-order valence-corrected chi connectivity index (χ3v) is 5.75. The number of carbonyl (C=O) groups excluding carboxylic acids is 1. The fourth-order valence-corrected chi connectivity index (χ4v) is 4.20. The van der Waals surface area contributed by atoms with Gasteiger partial charge in [0.05, 0.1) is 23.5 Å². The molecule has 0 spiro atoms. The summed E-state index contributed by atoms with van der Waals surface area (Å²) in [5.41, 5.74) is 1.84. The minimum atomic E-state index is -0.338. The van der Waals surface area contributed by atoms with E-state index in [1.807, 2.05) is 34.9 Å². The Morgan fingerprint density at radius 3 is 2.63 bits per heavy atom. The Hall–Kier alpha value is -2.74. The number of halogens is 2. The molecule has 0 saturated carbocycles. The van der Waals surface area contributed by atoms with E-state index in [0.29, 0.717) is 32.5 Å². The van der Waals surface area contributed by atoms with E-state index in [-0.39, 0.29) is 18.2 Å². The minimum Gasteiger partial charge on any atom is -0.459 e. The van der Waals surface area contributed by atoms with Crippen molar-refractivity contribution in [2.24, 2.45) is 0 Å². The monoisotopic (exact) mass is 458 g/mol. The molecule has 0 atom stereocenters. The first-order valence-electron chi connectivity index (χ1n) is 9.00. The Bertz CT molecular complexity index is 1150. The summed E-state index contributed by atoms with van der Waals surface area (Å²) in [6.45, 7) is 0.150. The summed E-state index contributed by atoms with van der Waals surface area (Å²) >= 11 is 14.0. The lowest BCUT2D eigenvalue weighted by molar-refractivity contribution is 0.0922. The minimum absolute atomic E-state index is 0.150. The van der Waals surface area contributed by atoms with Crippen molar-refractivity contribution in [3.05, 3.63) is 94.1 Å². The normalized spacial score (nSPS) is 10.9. The zero-order chi connectivity index (χ0) is 20.9. The lowest BCUT2D eigenvalue weighted by atomic mass is 10.2. The van der Waals surface area contributed by atoms with Crippen LogP contribution in [0.5, 0.6) is 0 Å². The molecule has 0 aliphatic carbocycles. The highest BCUT2D eigenvalue weighted by molar-refractivity contribution is 7.98. The maximum absolute atomic E-state index is 12.2. The summed E-state index contributed by atoms with van der Waals surface area (Å²) in [7, 11) is 0. The maximum Gasteiger partial charge on any atom is 0.287 e. The van der Waals surface area contributed by atoms with Crippen LogP contribution in [0, 0.1) is 0 Å². The van der Waals surface area contributed by atoms with Gasteiger partial charge < -0.3 is 9.73 Å². The molecule has 2 heterocycles. The average molecular weight is 459 g/mol. The molecule has 30 heavy (non-hydrogen) atoms. The van der Waals surface area contributed by atoms with E-state index in [0.717, 1.165) is 5.56 Å². The standard InChI is InChI=1S/C21H16Cl2N4O2S/c22-15-8-9-17(16(23)11-15)27-19(12-24-20(28)18-7-4-10-29-18)25-26-21(27)30-13-14-5-2-1-3-6-14/h1-11H,12-13H2,(H,24,28). The van der Waals surface area contributed by atoms with Gasteiger partial charge in [0.25, 0.3) is 5.91 Å². The van der Waals surface area contributed by atoms with Gasteiger partial charge in [-0.3, -0.25) is 9.36 Å². The van der Waals surface area contributed by atoms with Gasteiger partial charge in [0.1, 0.15) is 0 Å². The third kappa shape index (κ3) is 4.70. The van der Waals surface area contributed by atoms with E-state index in [1.54, 1.807) is 30.3 Å². The Kier molecular flexibility index (Phi) is 6.42. The maximum atomic E-state index is 12.2. The van der Waals surface area contributed by atoms with Gasteiger partial charge in [0.15, 0.2) is 16.7 Å². The molecule has 4 aromatic rings. The molecule has 1 N–H and O–H groups in total. The first-order chi connectivity index (χ1) is 14.6. The van der Waals surface area contributed by atoms with Gasteiger partial charge in [0.2, 0.25) is 0 Å². The number of rotatable bonds is 7. The van der Waals surface area contributed by atoms with Gasteiger partial charge >= 0.3 is 0 Å². The van der Waals surface area contributed by atoms with Crippen molar-refractivity contribution in [3.8, 4) is 5.69 Å². The summed E-state index contributed by atoms with van der Waals surface area (Å²) in [4.78, 5) is 12.2. The molecule has 1 amide bonds. The molecule has 2 aromatic heterocycles. The number of nitrogens with one attached hydrogen (secondary N) is 1. The molecule has 0 aliphatic heterocycles. The number of furan rings is 1. The van der Waals surface area contributed by atoms with Crippen molar-refractivity contribution in [1.29, 1.82) is 0 Å². The molecule has 0 radical (unpaired) electrons. The van der Waals surface area contributed by atoms with Crippen LogP contribution in [-0.2, 0) is 12.3 Å². The zero-order valence-corrected chi connectivity index (χ0v) is 17.9. The van der Waals surface area contributed by atoms with E-state index in [9.17, 15) is 4.79 Å². The number of hydrogen-bond donors (Lipinski definition) is 1. The van der Waals surface area contributed by atoms with Crippen LogP contribution in [0.1, 0.15) is 21.9 Å². The summed E-state index contributed by atoms with van der Waals surface area (Å²) in [5, 5.41) is 13.0. The lowest BCUT2D eigenvalue weighted by Gasteiger charge is -2.12. The summed E-state index contributed by atoms with van der Waals surface area (Å²) < 4.78 is 6.96. The highest BCUT2D eigenvalue weighted by Gasteiger charge is 2.18. The second kappa shape index (κ2) is 9.38. The van der Waals surface area contributed by atoms with Crippen LogP contribution in [0.25, 0.3) is 5.69 Å². The number of benzene rings is 2. The van der Waals surface area contributed by atoms with Crippen LogP contribution in [-0.4, -0.2) is 20.7 Å². The average Bonchev–Trinajstić information content (AvgIpc) is 3.42. The Balaban J connectivity index is 1.62. The van der Waals surface area contributed by atoms with Gasteiger partial charge in [-0.25, -0.2) is 0 Å². The number of nitrogens with zero attached hydrogens (tertiary/aromatic N) is 3. The molecule has 4 rings (SSSR count). The molecule has 0 unspecified atom stereocenters. The second-order valence-corrected chi connectivity index (χ2v) is 8.05. The molecule has 2 aromatic carbocycles. The molecule has 0 fully saturated rings. The van der Waals surface area contributed by atoms with Crippen molar-refractivity contribution in [2.75, 3.05) is 0 Å². The van der Waals surface area contributed by atoms with Crippen LogP contribution in [0.3, 0.4) is 0 Å². The number of amides is 1. The van der Waals surface area contributed by atoms with E-state index in [2.05, 4.69) is 15.5 Å². The molecule has 9 heteroatoms. The number of thioether (sulfide) groups is 1. The number of hydrogen-bond acceptors (Lipinski definition) is 5. The van der Waals surface area contributed by atoms with Gasteiger partial charge in [0, 0.05) is 10.8 Å². The highest BCUT2D eigenvalue weighted by atomic mass is 35.5. The molecular formula is C21H16Cl2N4O2S. The van der Waals surface area contributed by atoms with Crippen LogP contribution < -0.4 is 5.32 Å². The smallest absolute Gasteiger partial charge is 0.287 e. The first kappa shape index (κ1) is 20.5. The Morgan fingerprint density at radius 1 is 1.07 bits per heavy atom. The van der Waals surface area contributed by atoms with Crippen molar-refractivity contribution in [1.82, 2.24) is 20.1 Å². The van der Waals surface area contributed by atoms with Crippen LogP contribution in [0.4, 0.5) is 0 Å². The quantitative estimate of drug-likeness (QED) is 0.375. The van der Waals surface area contributed by atoms with Crippen molar-refractivity contribution >= 4 is 40.9 Å². The Labute approximate surface area is 187 Å². The van der Waals surface area contributed by atoms with Gasteiger partial charge in [-0.15, -0.1) is 10.2 Å². The van der Waals surface area contributed by atoms with E-state index < -0.39 is 0 Å². The molecule has 6 nitrogen and oxygen atoms in total. The zero-order valence-electron chi connectivity index (χ0n) is 15.6. The molecule has 0 aliphatic rings. The van der Waals surface area contributed by atoms with E-state index in [1.165, 1.54) is 18.0 Å². The molecule has 0 saturated heterocycles. The van der Waals surface area contributed by atoms with E-state index in [4.69, 9.17) is 27.6 Å². The lowest BCUT2D eigenvalue weighted by Crippen LogP contribution is -2.24. The fourth-order valence-electron chi connectivity index (χ4n) is 2.79. The van der Waals surface area contributed by atoms with Gasteiger partial charge in [-0.1, -0.05) is 65.3 Å². The van der Waals surface area contributed by atoms with Crippen molar-refractivity contribution in [2.45, 2.75) is 17.5 Å². The number of aromatic nitrogens is 3. The van der Waals surface area contributed by atoms with E-state index >= 15 is 0 Å². The predicted octanol–water partition coefficient (Wildman–Crippen LogP) is 5.39. The molecular weight excluding hydrogens is 443 g/mol. The van der Waals surface area contributed by atoms with Crippen molar-refractivity contribution < 1.29 is 9.21 Å². The van der Waals surface area contributed by atoms with Gasteiger partial charge in [-0.2, -0.15) is 0 Å². The third-order valence-electron chi connectivity index (χ3n) is 4.21. The molecule has 0 bridgehead atoms. The Morgan fingerprint density at radius 2 is 1.90 bits per heavy atom. The van der Waals surface area contributed by atoms with Crippen LogP contribution >= 0.6 is 35.0 Å². The largest absolute Gasteiger partial charge is 0.459 e. The summed E-state index contributed by atoms with van der Waals surface area (Å²) in [5.74, 6) is 1.14. The summed E-state index contributed by atoms with van der Waals surface area (Å²) in [6.07, 6.45) is 1.45. The SMILES string of the molecule is O=C(NCc1nnc(SCc2ccccc2)n1-c1ccc(Cl)cc1Cl)c1ccco1.